The number of fused-ring (bicyclic) bond motifs is 1. The number of aromatic nitrogens is 3. The van der Waals surface area contributed by atoms with Gasteiger partial charge in [-0.2, -0.15) is 0 Å². The van der Waals surface area contributed by atoms with Crippen LogP contribution in [0.5, 0.6) is 5.75 Å². The predicted molar refractivity (Wildman–Crippen MR) is 145 cm³/mol. The minimum absolute atomic E-state index is 0. The minimum atomic E-state index is -0.0550. The molecule has 1 unspecified atom stereocenters. The van der Waals surface area contributed by atoms with Crippen LogP contribution in [0.4, 0.5) is 0 Å². The van der Waals surface area contributed by atoms with Crippen LogP contribution in [0.25, 0.3) is 11.0 Å². The standard InChI is InChI=1S/C25H30N6O2.HI/c1-4-24-30-28-17-31(24)14-13-26-25(27-16-19-9-11-21(32-3)12-10-19)29-18(2)23-15-20-7-5-6-8-22(20)33-23;/h5-12,15,17-18H,4,13-14,16H2,1-3H3,(H2,26,27,29);1H. The van der Waals surface area contributed by atoms with Gasteiger partial charge in [0.1, 0.15) is 29.2 Å². The van der Waals surface area contributed by atoms with Crippen LogP contribution in [0.2, 0.25) is 0 Å². The predicted octanol–water partition coefficient (Wildman–Crippen LogP) is 4.71. The summed E-state index contributed by atoms with van der Waals surface area (Å²) < 4.78 is 13.3. The molecule has 4 aromatic rings. The average molecular weight is 574 g/mol. The molecule has 0 saturated heterocycles. The fourth-order valence-corrected chi connectivity index (χ4v) is 3.58. The summed E-state index contributed by atoms with van der Waals surface area (Å²) in [4.78, 5) is 4.80. The number of ether oxygens (including phenoxy) is 1. The molecule has 2 aromatic heterocycles. The molecule has 0 spiro atoms. The van der Waals surface area contributed by atoms with Crippen LogP contribution in [-0.4, -0.2) is 34.4 Å². The number of methoxy groups -OCH3 is 1. The van der Waals surface area contributed by atoms with Crippen LogP contribution in [0, 0.1) is 0 Å². The summed E-state index contributed by atoms with van der Waals surface area (Å²) in [7, 11) is 1.66. The Morgan fingerprint density at radius 1 is 1.18 bits per heavy atom. The van der Waals surface area contributed by atoms with E-state index in [0.717, 1.165) is 46.8 Å². The van der Waals surface area contributed by atoms with Crippen molar-refractivity contribution in [2.75, 3.05) is 13.7 Å². The summed E-state index contributed by atoms with van der Waals surface area (Å²) in [6.07, 6.45) is 2.61. The van der Waals surface area contributed by atoms with Gasteiger partial charge in [-0.15, -0.1) is 34.2 Å². The zero-order valence-electron chi connectivity index (χ0n) is 19.7. The summed E-state index contributed by atoms with van der Waals surface area (Å²) in [5, 5.41) is 16.2. The number of guanidine groups is 1. The molecule has 0 aliphatic rings. The number of aryl methyl sites for hydroxylation is 1. The molecule has 34 heavy (non-hydrogen) atoms. The molecule has 0 amide bonds. The molecule has 8 nitrogen and oxygen atoms in total. The molecule has 180 valence electrons. The molecule has 0 radical (unpaired) electrons. The molecule has 2 aromatic carbocycles. The second-order valence-electron chi connectivity index (χ2n) is 7.79. The van der Waals surface area contributed by atoms with Crippen molar-refractivity contribution in [2.45, 2.75) is 39.4 Å². The van der Waals surface area contributed by atoms with Crippen molar-refractivity contribution < 1.29 is 9.15 Å². The maximum Gasteiger partial charge on any atom is 0.192 e. The van der Waals surface area contributed by atoms with Crippen LogP contribution >= 0.6 is 24.0 Å². The molecule has 4 rings (SSSR count). The monoisotopic (exact) mass is 574 g/mol. The van der Waals surface area contributed by atoms with Gasteiger partial charge in [-0.3, -0.25) is 0 Å². The van der Waals surface area contributed by atoms with Gasteiger partial charge >= 0.3 is 0 Å². The maximum atomic E-state index is 6.03. The van der Waals surface area contributed by atoms with E-state index in [2.05, 4.69) is 51.4 Å². The summed E-state index contributed by atoms with van der Waals surface area (Å²) in [5.74, 6) is 3.38. The second-order valence-corrected chi connectivity index (χ2v) is 7.79. The summed E-state index contributed by atoms with van der Waals surface area (Å²) in [6.45, 7) is 6.12. The quantitative estimate of drug-likeness (QED) is 0.171. The highest BCUT2D eigenvalue weighted by Gasteiger charge is 2.13. The highest BCUT2D eigenvalue weighted by Crippen LogP contribution is 2.23. The second kappa shape index (κ2) is 12.4. The van der Waals surface area contributed by atoms with E-state index < -0.39 is 0 Å². The van der Waals surface area contributed by atoms with Gasteiger partial charge in [0.25, 0.3) is 0 Å². The Morgan fingerprint density at radius 3 is 2.71 bits per heavy atom. The number of hydrogen-bond acceptors (Lipinski definition) is 5. The molecule has 9 heteroatoms. The van der Waals surface area contributed by atoms with E-state index in [9.17, 15) is 0 Å². The third-order valence-electron chi connectivity index (χ3n) is 5.46. The van der Waals surface area contributed by atoms with Crippen LogP contribution in [0.15, 0.2) is 70.3 Å². The van der Waals surface area contributed by atoms with Crippen molar-refractivity contribution in [1.29, 1.82) is 0 Å². The van der Waals surface area contributed by atoms with Crippen LogP contribution < -0.4 is 15.4 Å². The van der Waals surface area contributed by atoms with E-state index >= 15 is 0 Å². The van der Waals surface area contributed by atoms with Crippen molar-refractivity contribution in [2.24, 2.45) is 4.99 Å². The average Bonchev–Trinajstić information content (AvgIpc) is 3.49. The lowest BCUT2D eigenvalue weighted by Crippen LogP contribution is -2.40. The number of para-hydroxylation sites is 1. The van der Waals surface area contributed by atoms with Crippen LogP contribution in [-0.2, 0) is 19.5 Å². The van der Waals surface area contributed by atoms with E-state index in [4.69, 9.17) is 14.1 Å². The first kappa shape index (κ1) is 25.5. The zero-order valence-corrected chi connectivity index (χ0v) is 22.0. The lowest BCUT2D eigenvalue weighted by molar-refractivity contribution is 0.414. The van der Waals surface area contributed by atoms with Gasteiger partial charge in [-0.1, -0.05) is 37.3 Å². The molecule has 0 bridgehead atoms. The molecule has 2 heterocycles. The van der Waals surface area contributed by atoms with Crippen molar-refractivity contribution in [3.05, 3.63) is 78.1 Å². The zero-order chi connectivity index (χ0) is 23.0. The summed E-state index contributed by atoms with van der Waals surface area (Å²) in [5.41, 5.74) is 1.98. The van der Waals surface area contributed by atoms with Gasteiger partial charge in [0.15, 0.2) is 5.96 Å². The van der Waals surface area contributed by atoms with Crippen molar-refractivity contribution >= 4 is 40.9 Å². The van der Waals surface area contributed by atoms with Crippen LogP contribution in [0.3, 0.4) is 0 Å². The normalized spacial score (nSPS) is 12.3. The number of benzene rings is 2. The molecular weight excluding hydrogens is 543 g/mol. The number of nitrogens with zero attached hydrogens (tertiary/aromatic N) is 4. The Bertz CT molecular complexity index is 1170. The Kier molecular flexibility index (Phi) is 9.32. The lowest BCUT2D eigenvalue weighted by Gasteiger charge is -2.17. The third kappa shape index (κ3) is 6.49. The van der Waals surface area contributed by atoms with Gasteiger partial charge in [0.2, 0.25) is 0 Å². The summed E-state index contributed by atoms with van der Waals surface area (Å²) >= 11 is 0. The SMILES string of the molecule is CCc1nncn1CCNC(=NCc1ccc(OC)cc1)NC(C)c1cc2ccccc2o1.I. The maximum absolute atomic E-state index is 6.03. The van der Waals surface area contributed by atoms with E-state index in [0.29, 0.717) is 19.0 Å². The van der Waals surface area contributed by atoms with Crippen molar-refractivity contribution in [1.82, 2.24) is 25.4 Å². The highest BCUT2D eigenvalue weighted by atomic mass is 127. The highest BCUT2D eigenvalue weighted by molar-refractivity contribution is 14.0. The molecule has 0 saturated carbocycles. The lowest BCUT2D eigenvalue weighted by atomic mass is 10.2. The molecule has 2 N–H and O–H groups in total. The van der Waals surface area contributed by atoms with E-state index in [1.807, 2.05) is 42.5 Å². The first-order chi connectivity index (χ1) is 16.2. The van der Waals surface area contributed by atoms with Crippen molar-refractivity contribution in [3.63, 3.8) is 0 Å². The Hall–Kier alpha value is -3.08. The fourth-order valence-electron chi connectivity index (χ4n) is 3.58. The molecule has 0 fully saturated rings. The Labute approximate surface area is 216 Å². The number of hydrogen-bond donors (Lipinski definition) is 2. The van der Waals surface area contributed by atoms with Crippen LogP contribution in [0.1, 0.15) is 37.0 Å². The molecule has 0 aliphatic carbocycles. The van der Waals surface area contributed by atoms with Gasteiger partial charge in [0.05, 0.1) is 19.7 Å². The smallest absolute Gasteiger partial charge is 0.192 e. The van der Waals surface area contributed by atoms with Gasteiger partial charge in [0, 0.05) is 24.9 Å². The molecule has 1 atom stereocenters. The Morgan fingerprint density at radius 2 is 1.97 bits per heavy atom. The van der Waals surface area contributed by atoms with E-state index in [1.54, 1.807) is 13.4 Å². The number of aliphatic imine (C=N–C) groups is 1. The minimum Gasteiger partial charge on any atom is -0.497 e. The number of furan rings is 1. The number of nitrogens with one attached hydrogen (secondary N) is 2. The fraction of sp³-hybridized carbons (Fsp3) is 0.320. The topological polar surface area (TPSA) is 89.5 Å². The molecule has 0 aliphatic heterocycles. The largest absolute Gasteiger partial charge is 0.497 e. The summed E-state index contributed by atoms with van der Waals surface area (Å²) in [6, 6.07) is 18.0. The molecular formula is C25H31IN6O2. The van der Waals surface area contributed by atoms with E-state index in [-0.39, 0.29) is 30.0 Å². The van der Waals surface area contributed by atoms with Gasteiger partial charge in [-0.25, -0.2) is 4.99 Å². The third-order valence-corrected chi connectivity index (χ3v) is 5.46. The number of rotatable bonds is 9. The first-order valence-corrected chi connectivity index (χ1v) is 11.2. The Balaban J connectivity index is 0.00000324. The number of halogens is 1. The van der Waals surface area contributed by atoms with E-state index in [1.165, 1.54) is 0 Å². The van der Waals surface area contributed by atoms with Gasteiger partial charge in [-0.05, 0) is 36.8 Å². The van der Waals surface area contributed by atoms with Gasteiger partial charge < -0.3 is 24.4 Å². The first-order valence-electron chi connectivity index (χ1n) is 11.2. The van der Waals surface area contributed by atoms with Crippen molar-refractivity contribution in [3.8, 4) is 5.75 Å².